The predicted octanol–water partition coefficient (Wildman–Crippen LogP) is 2.30. The van der Waals surface area contributed by atoms with Crippen molar-refractivity contribution in [3.8, 4) is 0 Å². The molecule has 0 aliphatic rings. The predicted molar refractivity (Wildman–Crippen MR) is 56.6 cm³/mol. The Labute approximate surface area is 81.7 Å². The zero-order valence-corrected chi connectivity index (χ0v) is 8.17. The third-order valence-electron chi connectivity index (χ3n) is 1.53. The topological polar surface area (TPSA) is 38.0 Å². The molecule has 4 heteroatoms. The SMILES string of the molecule is Cc1c(Cl)cccc1NC(N)=S. The molecule has 0 radical (unpaired) electrons. The lowest BCUT2D eigenvalue weighted by Crippen LogP contribution is -2.19. The fourth-order valence-corrected chi connectivity index (χ4v) is 1.16. The van der Waals surface area contributed by atoms with Gasteiger partial charge in [-0.25, -0.2) is 0 Å². The summed E-state index contributed by atoms with van der Waals surface area (Å²) in [5, 5.41) is 3.79. The molecule has 1 aromatic carbocycles. The molecule has 0 saturated carbocycles. The molecule has 64 valence electrons. The van der Waals surface area contributed by atoms with Gasteiger partial charge in [-0.15, -0.1) is 0 Å². The van der Waals surface area contributed by atoms with Crippen LogP contribution in [0.1, 0.15) is 5.56 Å². The highest BCUT2D eigenvalue weighted by Gasteiger charge is 2.00. The minimum Gasteiger partial charge on any atom is -0.376 e. The highest BCUT2D eigenvalue weighted by molar-refractivity contribution is 7.80. The smallest absolute Gasteiger partial charge is 0.168 e. The molecule has 0 bridgehead atoms. The van der Waals surface area contributed by atoms with E-state index in [1.165, 1.54) is 0 Å². The molecule has 0 heterocycles. The van der Waals surface area contributed by atoms with Gasteiger partial charge in [0, 0.05) is 10.7 Å². The summed E-state index contributed by atoms with van der Waals surface area (Å²) < 4.78 is 0. The molecule has 0 unspecified atom stereocenters. The van der Waals surface area contributed by atoms with Gasteiger partial charge >= 0.3 is 0 Å². The number of anilines is 1. The molecule has 1 rings (SSSR count). The fourth-order valence-electron chi connectivity index (χ4n) is 0.876. The van der Waals surface area contributed by atoms with Crippen LogP contribution >= 0.6 is 23.8 Å². The molecular formula is C8H9ClN2S. The number of benzene rings is 1. The molecule has 2 nitrogen and oxygen atoms in total. The molecule has 0 spiro atoms. The van der Waals surface area contributed by atoms with Crippen LogP contribution in [0.25, 0.3) is 0 Å². The summed E-state index contributed by atoms with van der Waals surface area (Å²) in [6.07, 6.45) is 0. The quantitative estimate of drug-likeness (QED) is 0.684. The van der Waals surface area contributed by atoms with E-state index in [0.29, 0.717) is 5.02 Å². The van der Waals surface area contributed by atoms with Gasteiger partial charge in [0.05, 0.1) is 0 Å². The van der Waals surface area contributed by atoms with E-state index in [0.717, 1.165) is 11.3 Å². The maximum absolute atomic E-state index is 5.87. The van der Waals surface area contributed by atoms with Crippen LogP contribution in [0, 0.1) is 6.92 Å². The maximum Gasteiger partial charge on any atom is 0.168 e. The minimum absolute atomic E-state index is 0.250. The monoisotopic (exact) mass is 200 g/mol. The van der Waals surface area contributed by atoms with Crippen molar-refractivity contribution in [3.05, 3.63) is 28.8 Å². The minimum atomic E-state index is 0.250. The molecule has 0 amide bonds. The van der Waals surface area contributed by atoms with E-state index in [2.05, 4.69) is 5.32 Å². The number of hydrogen-bond acceptors (Lipinski definition) is 1. The molecule has 0 aliphatic heterocycles. The van der Waals surface area contributed by atoms with Gasteiger partial charge in [-0.05, 0) is 36.8 Å². The highest BCUT2D eigenvalue weighted by Crippen LogP contribution is 2.22. The Morgan fingerprint density at radius 2 is 2.25 bits per heavy atom. The Morgan fingerprint density at radius 1 is 1.58 bits per heavy atom. The molecular weight excluding hydrogens is 192 g/mol. The van der Waals surface area contributed by atoms with Crippen LogP contribution in [0.15, 0.2) is 18.2 Å². The normalized spacial score (nSPS) is 9.50. The maximum atomic E-state index is 5.87. The zero-order valence-electron chi connectivity index (χ0n) is 6.60. The van der Waals surface area contributed by atoms with Gasteiger partial charge in [-0.1, -0.05) is 17.7 Å². The van der Waals surface area contributed by atoms with Crippen LogP contribution in [0.5, 0.6) is 0 Å². The first-order valence-electron chi connectivity index (χ1n) is 3.43. The van der Waals surface area contributed by atoms with Gasteiger partial charge in [-0.3, -0.25) is 0 Å². The molecule has 3 N–H and O–H groups in total. The largest absolute Gasteiger partial charge is 0.376 e. The van der Waals surface area contributed by atoms with Crippen molar-refractivity contribution >= 4 is 34.6 Å². The number of nitrogens with two attached hydrogens (primary N) is 1. The number of nitrogens with one attached hydrogen (secondary N) is 1. The van der Waals surface area contributed by atoms with E-state index < -0.39 is 0 Å². The van der Waals surface area contributed by atoms with Crippen LogP contribution in [-0.2, 0) is 0 Å². The Bertz CT molecular complexity index is 312. The average Bonchev–Trinajstić information content (AvgIpc) is 1.98. The van der Waals surface area contributed by atoms with Crippen molar-refractivity contribution < 1.29 is 0 Å². The van der Waals surface area contributed by atoms with Gasteiger partial charge in [0.2, 0.25) is 0 Å². The Balaban J connectivity index is 3.00. The lowest BCUT2D eigenvalue weighted by atomic mass is 10.2. The van der Waals surface area contributed by atoms with E-state index in [-0.39, 0.29) is 5.11 Å². The second-order valence-electron chi connectivity index (χ2n) is 2.40. The first kappa shape index (κ1) is 9.29. The standard InChI is InChI=1S/C8H9ClN2S/c1-5-6(9)3-2-4-7(5)11-8(10)12/h2-4H,1H3,(H3,10,11,12). The molecule has 0 atom stereocenters. The van der Waals surface area contributed by atoms with Crippen LogP contribution in [0.3, 0.4) is 0 Å². The van der Waals surface area contributed by atoms with Crippen molar-refractivity contribution in [1.82, 2.24) is 0 Å². The second-order valence-corrected chi connectivity index (χ2v) is 3.25. The Kier molecular flexibility index (Phi) is 2.89. The number of hydrogen-bond donors (Lipinski definition) is 2. The van der Waals surface area contributed by atoms with Crippen LogP contribution < -0.4 is 11.1 Å². The lowest BCUT2D eigenvalue weighted by molar-refractivity contribution is 1.45. The molecule has 0 aromatic heterocycles. The molecule has 12 heavy (non-hydrogen) atoms. The average molecular weight is 201 g/mol. The number of halogens is 1. The van der Waals surface area contributed by atoms with E-state index in [9.17, 15) is 0 Å². The first-order chi connectivity index (χ1) is 5.61. The fraction of sp³-hybridized carbons (Fsp3) is 0.125. The highest BCUT2D eigenvalue weighted by atomic mass is 35.5. The van der Waals surface area contributed by atoms with E-state index in [4.69, 9.17) is 29.6 Å². The van der Waals surface area contributed by atoms with Gasteiger partial charge < -0.3 is 11.1 Å². The number of rotatable bonds is 1. The van der Waals surface area contributed by atoms with Gasteiger partial charge in [0.1, 0.15) is 0 Å². The molecule has 0 aliphatic carbocycles. The van der Waals surface area contributed by atoms with Crippen molar-refractivity contribution in [2.45, 2.75) is 6.92 Å². The van der Waals surface area contributed by atoms with E-state index >= 15 is 0 Å². The Hall–Kier alpha value is -0.800. The van der Waals surface area contributed by atoms with Gasteiger partial charge in [0.15, 0.2) is 5.11 Å². The van der Waals surface area contributed by atoms with E-state index in [1.807, 2.05) is 25.1 Å². The zero-order chi connectivity index (χ0) is 9.14. The Morgan fingerprint density at radius 3 is 2.83 bits per heavy atom. The molecule has 0 saturated heterocycles. The molecule has 1 aromatic rings. The summed E-state index contributed by atoms with van der Waals surface area (Å²) in [4.78, 5) is 0. The first-order valence-corrected chi connectivity index (χ1v) is 4.21. The van der Waals surface area contributed by atoms with Gasteiger partial charge in [0.25, 0.3) is 0 Å². The number of thiocarbonyl (C=S) groups is 1. The summed E-state index contributed by atoms with van der Waals surface area (Å²) in [5.74, 6) is 0. The van der Waals surface area contributed by atoms with Crippen LogP contribution in [-0.4, -0.2) is 5.11 Å². The van der Waals surface area contributed by atoms with E-state index in [1.54, 1.807) is 0 Å². The van der Waals surface area contributed by atoms with Crippen LogP contribution in [0.4, 0.5) is 5.69 Å². The second kappa shape index (κ2) is 3.74. The summed E-state index contributed by atoms with van der Waals surface area (Å²) in [6.45, 7) is 1.91. The van der Waals surface area contributed by atoms with Crippen LogP contribution in [0.2, 0.25) is 5.02 Å². The summed E-state index contributed by atoms with van der Waals surface area (Å²) >= 11 is 10.6. The van der Waals surface area contributed by atoms with Crippen molar-refractivity contribution in [2.75, 3.05) is 5.32 Å². The summed E-state index contributed by atoms with van der Waals surface area (Å²) in [5.41, 5.74) is 7.13. The third kappa shape index (κ3) is 2.09. The lowest BCUT2D eigenvalue weighted by Gasteiger charge is -2.07. The summed E-state index contributed by atoms with van der Waals surface area (Å²) in [7, 11) is 0. The van der Waals surface area contributed by atoms with Crippen molar-refractivity contribution in [2.24, 2.45) is 5.73 Å². The van der Waals surface area contributed by atoms with Crippen molar-refractivity contribution in [1.29, 1.82) is 0 Å². The summed E-state index contributed by atoms with van der Waals surface area (Å²) in [6, 6.07) is 5.54. The van der Waals surface area contributed by atoms with Gasteiger partial charge in [-0.2, -0.15) is 0 Å². The molecule has 0 fully saturated rings. The van der Waals surface area contributed by atoms with Crippen molar-refractivity contribution in [3.63, 3.8) is 0 Å². The third-order valence-corrected chi connectivity index (χ3v) is 2.04.